The number of primary amides is 1. The third-order valence-corrected chi connectivity index (χ3v) is 2.41. The molecule has 1 amide bonds. The quantitative estimate of drug-likeness (QED) is 0.661. The first-order chi connectivity index (χ1) is 7.65. The maximum atomic E-state index is 11.1. The van der Waals surface area contributed by atoms with Crippen molar-refractivity contribution in [1.29, 1.82) is 0 Å². The molecule has 1 rings (SSSR count). The molecule has 0 saturated carbocycles. The Morgan fingerprint density at radius 1 is 1.62 bits per heavy atom. The van der Waals surface area contributed by atoms with Gasteiger partial charge in [0.1, 0.15) is 5.82 Å². The molecule has 1 unspecified atom stereocenters. The van der Waals surface area contributed by atoms with Gasteiger partial charge in [0.15, 0.2) is 0 Å². The number of hydrogen-bond acceptors (Lipinski definition) is 4. The Labute approximate surface area is 95.2 Å². The van der Waals surface area contributed by atoms with Crippen molar-refractivity contribution in [2.24, 2.45) is 11.5 Å². The molecule has 1 aromatic heterocycles. The number of rotatable bonds is 6. The normalized spacial score (nSPS) is 12.1. The third kappa shape index (κ3) is 3.51. The zero-order chi connectivity index (χ0) is 12.0. The SMILES string of the molecule is CCC(N)CCNc1ncccc1C(N)=O. The second kappa shape index (κ2) is 6.07. The lowest BCUT2D eigenvalue weighted by Gasteiger charge is -2.11. The molecule has 0 aliphatic carbocycles. The van der Waals surface area contributed by atoms with E-state index >= 15 is 0 Å². The van der Waals surface area contributed by atoms with E-state index < -0.39 is 5.91 Å². The van der Waals surface area contributed by atoms with Gasteiger partial charge in [-0.15, -0.1) is 0 Å². The first kappa shape index (κ1) is 12.4. The minimum absolute atomic E-state index is 0.174. The molecule has 1 aromatic rings. The van der Waals surface area contributed by atoms with E-state index in [4.69, 9.17) is 11.5 Å². The van der Waals surface area contributed by atoms with Crippen molar-refractivity contribution >= 4 is 11.7 Å². The first-order valence-corrected chi connectivity index (χ1v) is 5.39. The van der Waals surface area contributed by atoms with Crippen LogP contribution in [-0.4, -0.2) is 23.5 Å². The van der Waals surface area contributed by atoms with Crippen LogP contribution in [0.1, 0.15) is 30.1 Å². The molecule has 5 N–H and O–H groups in total. The van der Waals surface area contributed by atoms with E-state index in [9.17, 15) is 4.79 Å². The summed E-state index contributed by atoms with van der Waals surface area (Å²) in [6, 6.07) is 3.51. The predicted octanol–water partition coefficient (Wildman–Crippen LogP) is 0.720. The van der Waals surface area contributed by atoms with E-state index in [1.165, 1.54) is 0 Å². The van der Waals surface area contributed by atoms with Gasteiger partial charge in [0.25, 0.3) is 5.91 Å². The average Bonchev–Trinajstić information content (AvgIpc) is 2.29. The van der Waals surface area contributed by atoms with Gasteiger partial charge in [-0.25, -0.2) is 4.98 Å². The number of hydrogen-bond donors (Lipinski definition) is 3. The highest BCUT2D eigenvalue weighted by molar-refractivity contribution is 5.97. The minimum atomic E-state index is -0.476. The van der Waals surface area contributed by atoms with Crippen molar-refractivity contribution in [2.75, 3.05) is 11.9 Å². The molecule has 0 aliphatic rings. The van der Waals surface area contributed by atoms with Gasteiger partial charge in [0.05, 0.1) is 5.56 Å². The lowest BCUT2D eigenvalue weighted by molar-refractivity contribution is 0.100. The van der Waals surface area contributed by atoms with Crippen LogP contribution in [0.4, 0.5) is 5.82 Å². The van der Waals surface area contributed by atoms with Crippen molar-refractivity contribution < 1.29 is 4.79 Å². The van der Waals surface area contributed by atoms with E-state index in [0.717, 1.165) is 12.8 Å². The number of carbonyl (C=O) groups excluding carboxylic acids is 1. The summed E-state index contributed by atoms with van der Waals surface area (Å²) in [5, 5.41) is 3.07. The summed E-state index contributed by atoms with van der Waals surface area (Å²) in [4.78, 5) is 15.2. The molecule has 0 saturated heterocycles. The van der Waals surface area contributed by atoms with E-state index in [-0.39, 0.29) is 6.04 Å². The van der Waals surface area contributed by atoms with Crippen LogP contribution in [0.2, 0.25) is 0 Å². The standard InChI is InChI=1S/C11H18N4O/c1-2-8(12)5-7-15-11-9(10(13)16)4-3-6-14-11/h3-4,6,8H,2,5,7,12H2,1H3,(H2,13,16)(H,14,15). The number of nitrogens with two attached hydrogens (primary N) is 2. The number of nitrogens with zero attached hydrogens (tertiary/aromatic N) is 1. The Hall–Kier alpha value is -1.62. The monoisotopic (exact) mass is 222 g/mol. The molecule has 0 spiro atoms. The smallest absolute Gasteiger partial charge is 0.252 e. The van der Waals surface area contributed by atoms with Gasteiger partial charge in [-0.3, -0.25) is 4.79 Å². The molecule has 0 bridgehead atoms. The molecular formula is C11H18N4O. The molecule has 16 heavy (non-hydrogen) atoms. The largest absolute Gasteiger partial charge is 0.369 e. The van der Waals surface area contributed by atoms with Crippen LogP contribution in [0, 0.1) is 0 Å². The zero-order valence-corrected chi connectivity index (χ0v) is 9.44. The summed E-state index contributed by atoms with van der Waals surface area (Å²) >= 11 is 0. The van der Waals surface area contributed by atoms with Crippen LogP contribution in [0.25, 0.3) is 0 Å². The number of amides is 1. The zero-order valence-electron chi connectivity index (χ0n) is 9.44. The van der Waals surface area contributed by atoms with Gasteiger partial charge < -0.3 is 16.8 Å². The Kier molecular flexibility index (Phi) is 4.72. The van der Waals surface area contributed by atoms with Gasteiger partial charge in [-0.2, -0.15) is 0 Å². The van der Waals surface area contributed by atoms with Crippen molar-refractivity contribution in [1.82, 2.24) is 4.98 Å². The predicted molar refractivity (Wildman–Crippen MR) is 64.1 cm³/mol. The summed E-state index contributed by atoms with van der Waals surface area (Å²) < 4.78 is 0. The highest BCUT2D eigenvalue weighted by atomic mass is 16.1. The van der Waals surface area contributed by atoms with Gasteiger partial charge in [-0.1, -0.05) is 6.92 Å². The Morgan fingerprint density at radius 2 is 2.38 bits per heavy atom. The number of anilines is 1. The number of pyridine rings is 1. The van der Waals surface area contributed by atoms with E-state index in [0.29, 0.717) is 17.9 Å². The number of carbonyl (C=O) groups is 1. The van der Waals surface area contributed by atoms with Crippen molar-refractivity contribution in [2.45, 2.75) is 25.8 Å². The fourth-order valence-electron chi connectivity index (χ4n) is 1.33. The summed E-state index contributed by atoms with van der Waals surface area (Å²) in [6.07, 6.45) is 3.40. The highest BCUT2D eigenvalue weighted by Crippen LogP contribution is 2.10. The molecule has 5 nitrogen and oxygen atoms in total. The Balaban J connectivity index is 2.56. The van der Waals surface area contributed by atoms with Crippen LogP contribution in [0.3, 0.4) is 0 Å². The van der Waals surface area contributed by atoms with E-state index in [1.807, 2.05) is 6.92 Å². The van der Waals surface area contributed by atoms with Crippen molar-refractivity contribution in [3.63, 3.8) is 0 Å². The van der Waals surface area contributed by atoms with Gasteiger partial charge in [0.2, 0.25) is 0 Å². The fraction of sp³-hybridized carbons (Fsp3) is 0.455. The molecule has 0 aliphatic heterocycles. The summed E-state index contributed by atoms with van der Waals surface area (Å²) in [5.74, 6) is 0.0497. The average molecular weight is 222 g/mol. The van der Waals surface area contributed by atoms with Crippen molar-refractivity contribution in [3.05, 3.63) is 23.9 Å². The minimum Gasteiger partial charge on any atom is -0.369 e. The summed E-state index contributed by atoms with van der Waals surface area (Å²) in [5.41, 5.74) is 11.4. The molecule has 0 fully saturated rings. The highest BCUT2D eigenvalue weighted by Gasteiger charge is 2.08. The van der Waals surface area contributed by atoms with E-state index in [2.05, 4.69) is 10.3 Å². The molecule has 1 heterocycles. The lowest BCUT2D eigenvalue weighted by Crippen LogP contribution is -2.23. The molecule has 0 radical (unpaired) electrons. The van der Waals surface area contributed by atoms with Crippen molar-refractivity contribution in [3.8, 4) is 0 Å². The maximum absolute atomic E-state index is 11.1. The van der Waals surface area contributed by atoms with Gasteiger partial charge >= 0.3 is 0 Å². The molecule has 5 heteroatoms. The Bertz CT molecular complexity index is 354. The molecule has 1 atom stereocenters. The molecular weight excluding hydrogens is 204 g/mol. The van der Waals surface area contributed by atoms with Crippen LogP contribution in [0.5, 0.6) is 0 Å². The number of aromatic nitrogens is 1. The lowest BCUT2D eigenvalue weighted by atomic mass is 10.1. The van der Waals surface area contributed by atoms with Gasteiger partial charge in [0, 0.05) is 18.8 Å². The Morgan fingerprint density at radius 3 is 3.00 bits per heavy atom. The van der Waals surface area contributed by atoms with Crippen LogP contribution < -0.4 is 16.8 Å². The first-order valence-electron chi connectivity index (χ1n) is 5.39. The molecule has 88 valence electrons. The summed E-state index contributed by atoms with van der Waals surface area (Å²) in [6.45, 7) is 2.73. The second-order valence-corrected chi connectivity index (χ2v) is 3.65. The topological polar surface area (TPSA) is 94.0 Å². The molecule has 0 aromatic carbocycles. The summed E-state index contributed by atoms with van der Waals surface area (Å²) in [7, 11) is 0. The fourth-order valence-corrected chi connectivity index (χ4v) is 1.33. The second-order valence-electron chi connectivity index (χ2n) is 3.65. The maximum Gasteiger partial charge on any atom is 0.252 e. The van der Waals surface area contributed by atoms with Crippen LogP contribution in [-0.2, 0) is 0 Å². The number of nitrogens with one attached hydrogen (secondary N) is 1. The van der Waals surface area contributed by atoms with Crippen LogP contribution in [0.15, 0.2) is 18.3 Å². The third-order valence-electron chi connectivity index (χ3n) is 2.41. The van der Waals surface area contributed by atoms with Gasteiger partial charge in [-0.05, 0) is 25.0 Å². The van der Waals surface area contributed by atoms with E-state index in [1.54, 1.807) is 18.3 Å². The van der Waals surface area contributed by atoms with Crippen LogP contribution >= 0.6 is 0 Å².